The Morgan fingerprint density at radius 2 is 2.17 bits per heavy atom. The zero-order valence-electron chi connectivity index (χ0n) is 7.03. The lowest BCUT2D eigenvalue weighted by atomic mass is 10.2. The smallest absolute Gasteiger partial charge is 0.165 e. The monoisotopic (exact) mass is 232 g/mol. The number of halogens is 2. The van der Waals surface area contributed by atoms with E-state index in [2.05, 4.69) is 15.9 Å². The fourth-order valence-electron chi connectivity index (χ4n) is 0.894. The van der Waals surface area contributed by atoms with E-state index in [-0.39, 0.29) is 5.82 Å². The number of ether oxygens (including phenoxy) is 1. The highest BCUT2D eigenvalue weighted by Gasteiger charge is 2.05. The maximum Gasteiger partial charge on any atom is 0.165 e. The lowest BCUT2D eigenvalue weighted by Gasteiger charge is -2.06. The first-order valence-electron chi connectivity index (χ1n) is 3.73. The lowest BCUT2D eigenvalue weighted by Crippen LogP contribution is -1.95. The van der Waals surface area contributed by atoms with Crippen molar-refractivity contribution in [1.29, 1.82) is 0 Å². The van der Waals surface area contributed by atoms with Crippen molar-refractivity contribution in [2.24, 2.45) is 0 Å². The summed E-state index contributed by atoms with van der Waals surface area (Å²) in [5.74, 6) is -0.00692. The molecule has 0 aromatic heterocycles. The van der Waals surface area contributed by atoms with Crippen LogP contribution in [0.3, 0.4) is 0 Å². The van der Waals surface area contributed by atoms with Gasteiger partial charge >= 0.3 is 0 Å². The third-order valence-electron chi connectivity index (χ3n) is 1.51. The number of rotatable bonds is 2. The van der Waals surface area contributed by atoms with Crippen LogP contribution in [0, 0.1) is 12.7 Å². The van der Waals surface area contributed by atoms with Crippen molar-refractivity contribution < 1.29 is 9.13 Å². The van der Waals surface area contributed by atoms with E-state index in [4.69, 9.17) is 4.74 Å². The second-order valence-corrected chi connectivity index (χ2v) is 3.32. The Hall–Kier alpha value is -0.570. The molecule has 0 unspecified atom stereocenters. The fraction of sp³-hybridized carbons (Fsp3) is 0.333. The quantitative estimate of drug-likeness (QED) is 0.761. The minimum Gasteiger partial charge on any atom is -0.491 e. The molecule has 0 fully saturated rings. The molecule has 0 heterocycles. The highest BCUT2D eigenvalue weighted by Crippen LogP contribution is 2.25. The second kappa shape index (κ2) is 3.90. The molecule has 0 amide bonds. The maximum atomic E-state index is 13.1. The molecule has 66 valence electrons. The topological polar surface area (TPSA) is 9.23 Å². The van der Waals surface area contributed by atoms with Gasteiger partial charge in [0.15, 0.2) is 11.6 Å². The van der Waals surface area contributed by atoms with Crippen LogP contribution in [0.5, 0.6) is 5.75 Å². The molecule has 12 heavy (non-hydrogen) atoms. The minimum absolute atomic E-state index is 0.301. The zero-order valence-corrected chi connectivity index (χ0v) is 8.61. The van der Waals surface area contributed by atoms with E-state index in [1.54, 1.807) is 6.07 Å². The van der Waals surface area contributed by atoms with E-state index in [1.807, 2.05) is 13.8 Å². The molecule has 1 rings (SSSR count). The van der Waals surface area contributed by atoms with Gasteiger partial charge < -0.3 is 4.74 Å². The van der Waals surface area contributed by atoms with Crippen LogP contribution in [0.25, 0.3) is 0 Å². The lowest BCUT2D eigenvalue weighted by molar-refractivity contribution is 0.321. The molecule has 0 atom stereocenters. The van der Waals surface area contributed by atoms with Crippen LogP contribution >= 0.6 is 15.9 Å². The van der Waals surface area contributed by atoms with Gasteiger partial charge in [0, 0.05) is 4.47 Å². The SMILES string of the molecule is CCOc1cc(Br)c(C)cc1F. The molecular formula is C9H10BrFO. The van der Waals surface area contributed by atoms with E-state index in [0.29, 0.717) is 12.4 Å². The summed E-state index contributed by atoms with van der Waals surface area (Å²) >= 11 is 3.30. The van der Waals surface area contributed by atoms with Crippen molar-refractivity contribution in [3.05, 3.63) is 28.0 Å². The summed E-state index contributed by atoms with van der Waals surface area (Å²) in [4.78, 5) is 0. The maximum absolute atomic E-state index is 13.1. The summed E-state index contributed by atoms with van der Waals surface area (Å²) in [5.41, 5.74) is 0.871. The van der Waals surface area contributed by atoms with Gasteiger partial charge in [-0.1, -0.05) is 15.9 Å². The Bertz CT molecular complexity index is 286. The summed E-state index contributed by atoms with van der Waals surface area (Å²) < 4.78 is 19.0. The first kappa shape index (κ1) is 9.52. The highest BCUT2D eigenvalue weighted by molar-refractivity contribution is 9.10. The van der Waals surface area contributed by atoms with Gasteiger partial charge in [-0.2, -0.15) is 0 Å². The van der Waals surface area contributed by atoms with Crippen LogP contribution in [0.4, 0.5) is 4.39 Å². The molecule has 1 nitrogen and oxygen atoms in total. The zero-order chi connectivity index (χ0) is 9.14. The third-order valence-corrected chi connectivity index (χ3v) is 2.37. The van der Waals surface area contributed by atoms with E-state index >= 15 is 0 Å². The number of hydrogen-bond donors (Lipinski definition) is 0. The van der Waals surface area contributed by atoms with Gasteiger partial charge in [-0.25, -0.2) is 4.39 Å². The highest BCUT2D eigenvalue weighted by atomic mass is 79.9. The van der Waals surface area contributed by atoms with Crippen molar-refractivity contribution >= 4 is 15.9 Å². The van der Waals surface area contributed by atoms with Crippen LogP contribution in [0.2, 0.25) is 0 Å². The molecule has 0 N–H and O–H groups in total. The van der Waals surface area contributed by atoms with Crippen molar-refractivity contribution in [3.63, 3.8) is 0 Å². The Kier molecular flexibility index (Phi) is 3.09. The molecule has 0 aliphatic heterocycles. The fourth-order valence-corrected chi connectivity index (χ4v) is 1.22. The van der Waals surface area contributed by atoms with Gasteiger partial charge in [-0.15, -0.1) is 0 Å². The van der Waals surface area contributed by atoms with Gasteiger partial charge in [0.1, 0.15) is 0 Å². The standard InChI is InChI=1S/C9H10BrFO/c1-3-12-9-5-7(10)6(2)4-8(9)11/h4-5H,3H2,1-2H3. The first-order chi connectivity index (χ1) is 5.65. The molecule has 0 aliphatic rings. The average molecular weight is 233 g/mol. The normalized spacial score (nSPS) is 10.0. The number of hydrogen-bond acceptors (Lipinski definition) is 1. The Morgan fingerprint density at radius 1 is 1.50 bits per heavy atom. The summed E-state index contributed by atoms with van der Waals surface area (Å²) in [6.45, 7) is 4.14. The predicted molar refractivity (Wildman–Crippen MR) is 50.0 cm³/mol. The van der Waals surface area contributed by atoms with E-state index in [9.17, 15) is 4.39 Å². The van der Waals surface area contributed by atoms with Crippen LogP contribution in [0.15, 0.2) is 16.6 Å². The summed E-state index contributed by atoms with van der Waals surface area (Å²) in [6.07, 6.45) is 0. The van der Waals surface area contributed by atoms with Gasteiger partial charge in [-0.05, 0) is 31.5 Å². The van der Waals surface area contributed by atoms with Gasteiger partial charge in [0.2, 0.25) is 0 Å². The van der Waals surface area contributed by atoms with Gasteiger partial charge in [0.25, 0.3) is 0 Å². The summed E-state index contributed by atoms with van der Waals surface area (Å²) in [6, 6.07) is 3.10. The average Bonchev–Trinajstić information content (AvgIpc) is 2.01. The molecule has 0 saturated carbocycles. The van der Waals surface area contributed by atoms with Crippen molar-refractivity contribution in [2.75, 3.05) is 6.61 Å². The van der Waals surface area contributed by atoms with Gasteiger partial charge in [0.05, 0.1) is 6.61 Å². The first-order valence-corrected chi connectivity index (χ1v) is 4.53. The van der Waals surface area contributed by atoms with E-state index in [0.717, 1.165) is 10.0 Å². The summed E-state index contributed by atoms with van der Waals surface area (Å²) in [7, 11) is 0. The molecule has 1 aromatic rings. The van der Waals surface area contributed by atoms with Crippen LogP contribution < -0.4 is 4.74 Å². The molecule has 3 heteroatoms. The van der Waals surface area contributed by atoms with Crippen molar-refractivity contribution in [1.82, 2.24) is 0 Å². The van der Waals surface area contributed by atoms with E-state index in [1.165, 1.54) is 6.07 Å². The van der Waals surface area contributed by atoms with Gasteiger partial charge in [-0.3, -0.25) is 0 Å². The Balaban J connectivity index is 3.05. The Labute approximate surface area is 79.7 Å². The summed E-state index contributed by atoms with van der Waals surface area (Å²) in [5, 5.41) is 0. The van der Waals surface area contributed by atoms with Crippen LogP contribution in [-0.4, -0.2) is 6.61 Å². The molecule has 0 aliphatic carbocycles. The largest absolute Gasteiger partial charge is 0.491 e. The molecule has 0 bridgehead atoms. The number of benzene rings is 1. The predicted octanol–water partition coefficient (Wildman–Crippen LogP) is 3.30. The number of aryl methyl sites for hydroxylation is 1. The van der Waals surface area contributed by atoms with Crippen LogP contribution in [-0.2, 0) is 0 Å². The van der Waals surface area contributed by atoms with Crippen molar-refractivity contribution in [2.45, 2.75) is 13.8 Å². The molecule has 1 aromatic carbocycles. The van der Waals surface area contributed by atoms with Crippen molar-refractivity contribution in [3.8, 4) is 5.75 Å². The van der Waals surface area contributed by atoms with E-state index < -0.39 is 0 Å². The molecule has 0 spiro atoms. The third kappa shape index (κ3) is 1.97. The molecule has 0 saturated heterocycles. The second-order valence-electron chi connectivity index (χ2n) is 2.46. The Morgan fingerprint density at radius 3 is 2.75 bits per heavy atom. The molecule has 0 radical (unpaired) electrons. The van der Waals surface area contributed by atoms with Crippen LogP contribution in [0.1, 0.15) is 12.5 Å². The minimum atomic E-state index is -0.308. The molecular weight excluding hydrogens is 223 g/mol.